The Hall–Kier alpha value is -0.666. The minimum atomic E-state index is -6.00. The summed E-state index contributed by atoms with van der Waals surface area (Å²) in [4.78, 5) is 0. The fraction of sp³-hybridized carbons (Fsp3) is 0.800. The summed E-state index contributed by atoms with van der Waals surface area (Å²) < 4.78 is 39.0. The molecule has 0 heterocycles. The molecule has 0 N–H and O–H groups in total. The maximum atomic E-state index is 9.75. The maximum Gasteiger partial charge on any atom is 0.673 e. The van der Waals surface area contributed by atoms with E-state index in [1.165, 1.54) is 20.8 Å². The van der Waals surface area contributed by atoms with Crippen molar-refractivity contribution in [1.82, 2.24) is 0 Å². The molecule has 0 unspecified atom stereocenters. The van der Waals surface area contributed by atoms with Crippen molar-refractivity contribution in [2.45, 2.75) is 79.3 Å². The predicted octanol–water partition coefficient (Wildman–Crippen LogP) is 6.58. The van der Waals surface area contributed by atoms with Gasteiger partial charge in [0.2, 0.25) is 0 Å². The van der Waals surface area contributed by atoms with Crippen LogP contribution >= 0.6 is 7.92 Å². The van der Waals surface area contributed by atoms with Crippen LogP contribution in [-0.4, -0.2) is 24.2 Å². The van der Waals surface area contributed by atoms with E-state index < -0.39 is 7.25 Å². The normalized spacial score (nSPS) is 8.40. The molecule has 1 radical (unpaired) electrons. The van der Waals surface area contributed by atoms with Gasteiger partial charge in [0.1, 0.15) is 0 Å². The van der Waals surface area contributed by atoms with Gasteiger partial charge in [-0.3, -0.25) is 0 Å². The third-order valence-electron chi connectivity index (χ3n) is 1.79. The second kappa shape index (κ2) is 28.2. The minimum Gasteiger partial charge on any atom is -0.418 e. The van der Waals surface area contributed by atoms with Crippen LogP contribution in [0.5, 0.6) is 0 Å². The molecule has 0 aliphatic carbocycles. The van der Waals surface area contributed by atoms with Crippen molar-refractivity contribution >= 4 is 15.2 Å². The summed E-state index contributed by atoms with van der Waals surface area (Å²) in [5, 5.41) is 22.0. The van der Waals surface area contributed by atoms with Crippen LogP contribution in [0.3, 0.4) is 0 Å². The van der Waals surface area contributed by atoms with E-state index in [1.807, 2.05) is 0 Å². The van der Waals surface area contributed by atoms with Gasteiger partial charge in [0.15, 0.2) is 0 Å². The molecule has 3 nitrogen and oxygen atoms in total. The van der Waals surface area contributed by atoms with E-state index in [0.717, 1.165) is 17.0 Å². The zero-order chi connectivity index (χ0) is 20.9. The standard InChI is InChI=1S/C9H21P.3C2H3N.BF4.Ir/c1-7(2)10(8(3)4)9(5)6;3*1-2-3;2-1(3,4)5;/h7-9H,1-6H3;3*1H3;;/q;;;;-1;. The number of halogens is 4. The van der Waals surface area contributed by atoms with E-state index in [0.29, 0.717) is 0 Å². The van der Waals surface area contributed by atoms with Gasteiger partial charge >= 0.3 is 7.25 Å². The van der Waals surface area contributed by atoms with E-state index in [2.05, 4.69) is 41.5 Å². The van der Waals surface area contributed by atoms with Crippen LogP contribution in [0.4, 0.5) is 17.3 Å². The zero-order valence-corrected chi connectivity index (χ0v) is 19.7. The summed E-state index contributed by atoms with van der Waals surface area (Å²) in [7, 11) is -5.74. The Labute approximate surface area is 166 Å². The summed E-state index contributed by atoms with van der Waals surface area (Å²) in [6.45, 7) is 18.4. The molecule has 10 heteroatoms. The Balaban J connectivity index is -0.0000000510. The number of hydrogen-bond donors (Lipinski definition) is 0. The van der Waals surface area contributed by atoms with Gasteiger partial charge in [0.05, 0.1) is 18.2 Å². The summed E-state index contributed by atoms with van der Waals surface area (Å²) in [6.07, 6.45) is 0. The maximum absolute atomic E-state index is 9.75. The van der Waals surface area contributed by atoms with Crippen LogP contribution in [-0.2, 0) is 20.1 Å². The van der Waals surface area contributed by atoms with Gasteiger partial charge in [-0.25, -0.2) is 0 Å². The van der Waals surface area contributed by atoms with Crippen molar-refractivity contribution in [2.24, 2.45) is 0 Å². The molecule has 0 atom stereocenters. The van der Waals surface area contributed by atoms with Gasteiger partial charge in [-0.2, -0.15) is 15.8 Å². The monoisotopic (exact) mass is 563 g/mol. The summed E-state index contributed by atoms with van der Waals surface area (Å²) >= 11 is 0. The minimum absolute atomic E-state index is 0. The molecular weight excluding hydrogens is 532 g/mol. The van der Waals surface area contributed by atoms with Gasteiger partial charge in [-0.05, 0) is 17.0 Å². The van der Waals surface area contributed by atoms with E-state index in [1.54, 1.807) is 18.2 Å². The van der Waals surface area contributed by atoms with Gasteiger partial charge in [-0.15, -0.1) is 0 Å². The summed E-state index contributed by atoms with van der Waals surface area (Å²) in [5.74, 6) is 0. The van der Waals surface area contributed by atoms with Crippen molar-refractivity contribution in [3.63, 3.8) is 0 Å². The quantitative estimate of drug-likeness (QED) is 0.222. The van der Waals surface area contributed by atoms with Crippen LogP contribution in [0.1, 0.15) is 62.3 Å². The largest absolute Gasteiger partial charge is 0.673 e. The Kier molecular flexibility index (Phi) is 44.4. The average Bonchev–Trinajstić information content (AvgIpc) is 2.27. The first-order valence-corrected chi connectivity index (χ1v) is 8.83. The molecule has 0 aliphatic heterocycles. The average molecular weight is 562 g/mol. The molecule has 0 aromatic rings. The molecule has 0 fully saturated rings. The Morgan fingerprint density at radius 3 is 0.720 bits per heavy atom. The first-order chi connectivity index (χ1) is 10.7. The van der Waals surface area contributed by atoms with E-state index >= 15 is 0 Å². The topological polar surface area (TPSA) is 71.4 Å². The van der Waals surface area contributed by atoms with E-state index in [4.69, 9.17) is 15.8 Å². The first-order valence-electron chi connectivity index (χ1n) is 7.28. The van der Waals surface area contributed by atoms with Crippen molar-refractivity contribution < 1.29 is 37.4 Å². The van der Waals surface area contributed by atoms with Crippen molar-refractivity contribution in [1.29, 1.82) is 15.8 Å². The molecule has 0 spiro atoms. The van der Waals surface area contributed by atoms with Crippen LogP contribution in [0.25, 0.3) is 0 Å². The number of nitrogens with zero attached hydrogens (tertiary/aromatic N) is 3. The molecule has 151 valence electrons. The Morgan fingerprint density at radius 1 is 0.640 bits per heavy atom. The molecule has 0 amide bonds. The third-order valence-corrected chi connectivity index (χ3v) is 5.37. The molecule has 0 rings (SSSR count). The number of nitriles is 3. The molecule has 0 aliphatic rings. The second-order valence-electron chi connectivity index (χ2n) is 4.89. The molecule has 0 saturated heterocycles. The Bertz CT molecular complexity index is 319. The molecule has 0 saturated carbocycles. The zero-order valence-electron chi connectivity index (χ0n) is 16.4. The number of rotatable bonds is 3. The first kappa shape index (κ1) is 39.4. The van der Waals surface area contributed by atoms with E-state index in [-0.39, 0.29) is 28.0 Å². The van der Waals surface area contributed by atoms with Crippen LogP contribution in [0.15, 0.2) is 0 Å². The summed E-state index contributed by atoms with van der Waals surface area (Å²) in [5.41, 5.74) is 2.69. The SMILES string of the molecule is CC#N.CC#N.CC#N.CC(C)P(C(C)C)C(C)C.F[B-](F)(F)F.[Ir]. The smallest absolute Gasteiger partial charge is 0.418 e. The Morgan fingerprint density at radius 2 is 0.720 bits per heavy atom. The number of hydrogen-bond acceptors (Lipinski definition) is 3. The third kappa shape index (κ3) is 82.7. The van der Waals surface area contributed by atoms with Crippen molar-refractivity contribution in [3.8, 4) is 18.2 Å². The van der Waals surface area contributed by atoms with Crippen LogP contribution < -0.4 is 0 Å². The fourth-order valence-electron chi connectivity index (χ4n) is 1.79. The second-order valence-corrected chi connectivity index (χ2v) is 8.89. The van der Waals surface area contributed by atoms with E-state index in [9.17, 15) is 17.3 Å². The van der Waals surface area contributed by atoms with Gasteiger partial charge < -0.3 is 17.3 Å². The molecule has 25 heavy (non-hydrogen) atoms. The predicted molar refractivity (Wildman–Crippen MR) is 96.4 cm³/mol. The van der Waals surface area contributed by atoms with Crippen molar-refractivity contribution in [2.75, 3.05) is 0 Å². The van der Waals surface area contributed by atoms with Gasteiger partial charge in [0, 0.05) is 40.9 Å². The fourth-order valence-corrected chi connectivity index (χ4v) is 5.37. The molecule has 0 bridgehead atoms. The van der Waals surface area contributed by atoms with Crippen LogP contribution in [0, 0.1) is 34.0 Å². The van der Waals surface area contributed by atoms with Gasteiger partial charge in [0.25, 0.3) is 0 Å². The molecule has 0 aromatic heterocycles. The van der Waals surface area contributed by atoms with Gasteiger partial charge in [-0.1, -0.05) is 49.5 Å². The molecule has 0 aromatic carbocycles. The van der Waals surface area contributed by atoms with Crippen molar-refractivity contribution in [3.05, 3.63) is 0 Å². The van der Waals surface area contributed by atoms with Crippen LogP contribution in [0.2, 0.25) is 0 Å². The summed E-state index contributed by atoms with van der Waals surface area (Å²) in [6, 6.07) is 5.25. The molecular formula is C15H30BF4IrN3P-.